The number of carbonyl (C=O) groups is 1. The Kier molecular flexibility index (Phi) is 2.34. The SMILES string of the molecule is CC(=O)c1c(O)c(C)nc2ccc(C)nc12. The van der Waals surface area contributed by atoms with Crippen molar-refractivity contribution in [1.29, 1.82) is 0 Å². The molecule has 0 fully saturated rings. The van der Waals surface area contributed by atoms with E-state index in [1.165, 1.54) is 6.92 Å². The zero-order valence-electron chi connectivity index (χ0n) is 9.40. The van der Waals surface area contributed by atoms with Crippen molar-refractivity contribution in [2.75, 3.05) is 0 Å². The summed E-state index contributed by atoms with van der Waals surface area (Å²) in [4.78, 5) is 20.0. The Morgan fingerprint density at radius 1 is 1.25 bits per heavy atom. The van der Waals surface area contributed by atoms with Gasteiger partial charge in [-0.05, 0) is 32.9 Å². The highest BCUT2D eigenvalue weighted by atomic mass is 16.3. The van der Waals surface area contributed by atoms with Crippen molar-refractivity contribution in [2.24, 2.45) is 0 Å². The molecule has 0 saturated heterocycles. The molecule has 1 N–H and O–H groups in total. The van der Waals surface area contributed by atoms with Gasteiger partial charge in [0.25, 0.3) is 0 Å². The normalized spacial score (nSPS) is 10.7. The number of aromatic nitrogens is 2. The molecule has 0 bridgehead atoms. The van der Waals surface area contributed by atoms with Crippen molar-refractivity contribution >= 4 is 16.8 Å². The van der Waals surface area contributed by atoms with Gasteiger partial charge in [-0.15, -0.1) is 0 Å². The molecular weight excluding hydrogens is 204 g/mol. The Morgan fingerprint density at radius 3 is 2.56 bits per heavy atom. The maximum Gasteiger partial charge on any atom is 0.165 e. The fraction of sp³-hybridized carbons (Fsp3) is 0.250. The summed E-state index contributed by atoms with van der Waals surface area (Å²) in [5.41, 5.74) is 2.59. The van der Waals surface area contributed by atoms with Gasteiger partial charge in [-0.3, -0.25) is 9.78 Å². The number of fused-ring (bicyclic) bond motifs is 1. The number of nitrogens with zero attached hydrogens (tertiary/aromatic N) is 2. The first-order valence-electron chi connectivity index (χ1n) is 4.98. The van der Waals surface area contributed by atoms with Gasteiger partial charge >= 0.3 is 0 Å². The fourth-order valence-electron chi connectivity index (χ4n) is 1.68. The number of pyridine rings is 2. The van der Waals surface area contributed by atoms with Crippen molar-refractivity contribution < 1.29 is 9.90 Å². The number of aromatic hydroxyl groups is 1. The van der Waals surface area contributed by atoms with Gasteiger partial charge in [-0.25, -0.2) is 4.98 Å². The number of hydrogen-bond acceptors (Lipinski definition) is 4. The molecule has 16 heavy (non-hydrogen) atoms. The van der Waals surface area contributed by atoms with E-state index in [9.17, 15) is 9.90 Å². The van der Waals surface area contributed by atoms with Gasteiger partial charge in [0.1, 0.15) is 11.3 Å². The molecule has 0 aliphatic carbocycles. The van der Waals surface area contributed by atoms with Crippen LogP contribution in [0.3, 0.4) is 0 Å². The van der Waals surface area contributed by atoms with E-state index in [0.29, 0.717) is 16.7 Å². The molecule has 2 heterocycles. The van der Waals surface area contributed by atoms with E-state index >= 15 is 0 Å². The van der Waals surface area contributed by atoms with Gasteiger partial charge in [-0.1, -0.05) is 0 Å². The minimum absolute atomic E-state index is 0.0712. The van der Waals surface area contributed by atoms with Crippen LogP contribution < -0.4 is 0 Å². The van der Waals surface area contributed by atoms with E-state index in [1.54, 1.807) is 13.0 Å². The molecule has 2 rings (SSSR count). The Balaban J connectivity index is 2.96. The minimum Gasteiger partial charge on any atom is -0.505 e. The molecule has 82 valence electrons. The second kappa shape index (κ2) is 3.56. The van der Waals surface area contributed by atoms with Crippen molar-refractivity contribution in [2.45, 2.75) is 20.8 Å². The van der Waals surface area contributed by atoms with Crippen LogP contribution in [0.15, 0.2) is 12.1 Å². The predicted octanol–water partition coefficient (Wildman–Crippen LogP) is 2.15. The van der Waals surface area contributed by atoms with Gasteiger partial charge in [0.2, 0.25) is 0 Å². The molecule has 0 unspecified atom stereocenters. The number of hydrogen-bond donors (Lipinski definition) is 1. The number of Topliss-reactive ketones (excluding diaryl/α,β-unsaturated/α-hetero) is 1. The standard InChI is InChI=1S/C12H12N2O2/c1-6-4-5-9-11(13-6)10(8(3)15)12(16)7(2)14-9/h4-5,16H,1-3H3. The first-order chi connectivity index (χ1) is 7.50. The van der Waals surface area contributed by atoms with E-state index in [-0.39, 0.29) is 17.1 Å². The van der Waals surface area contributed by atoms with Gasteiger partial charge in [0, 0.05) is 5.69 Å². The maximum absolute atomic E-state index is 11.5. The lowest BCUT2D eigenvalue weighted by atomic mass is 10.1. The predicted molar refractivity (Wildman–Crippen MR) is 60.7 cm³/mol. The van der Waals surface area contributed by atoms with Crippen LogP contribution >= 0.6 is 0 Å². The van der Waals surface area contributed by atoms with Crippen LogP contribution in [-0.4, -0.2) is 20.9 Å². The summed E-state index contributed by atoms with van der Waals surface area (Å²) in [6.07, 6.45) is 0. The lowest BCUT2D eigenvalue weighted by Crippen LogP contribution is -2.01. The van der Waals surface area contributed by atoms with Crippen LogP contribution in [0.5, 0.6) is 5.75 Å². The highest BCUT2D eigenvalue weighted by Crippen LogP contribution is 2.27. The average molecular weight is 216 g/mol. The molecule has 4 nitrogen and oxygen atoms in total. The van der Waals surface area contributed by atoms with Crippen molar-refractivity contribution in [3.63, 3.8) is 0 Å². The Labute approximate surface area is 93.0 Å². The van der Waals surface area contributed by atoms with Gasteiger partial charge in [0.15, 0.2) is 5.78 Å². The lowest BCUT2D eigenvalue weighted by Gasteiger charge is -2.08. The van der Waals surface area contributed by atoms with Crippen LogP contribution in [0.2, 0.25) is 0 Å². The summed E-state index contributed by atoms with van der Waals surface area (Å²) in [5.74, 6) is -0.274. The number of ketones is 1. The van der Waals surface area contributed by atoms with Gasteiger partial charge in [0.05, 0.1) is 16.8 Å². The molecule has 0 atom stereocenters. The molecule has 0 amide bonds. The lowest BCUT2D eigenvalue weighted by molar-refractivity contribution is 0.101. The van der Waals surface area contributed by atoms with E-state index in [0.717, 1.165) is 5.69 Å². The van der Waals surface area contributed by atoms with Crippen LogP contribution in [0.4, 0.5) is 0 Å². The van der Waals surface area contributed by atoms with Crippen LogP contribution in [0, 0.1) is 13.8 Å². The molecule has 2 aromatic rings. The number of rotatable bonds is 1. The van der Waals surface area contributed by atoms with Crippen LogP contribution in [-0.2, 0) is 0 Å². The topological polar surface area (TPSA) is 63.1 Å². The molecule has 0 saturated carbocycles. The highest BCUT2D eigenvalue weighted by Gasteiger charge is 2.16. The van der Waals surface area contributed by atoms with E-state index in [1.807, 2.05) is 13.0 Å². The molecule has 2 aromatic heterocycles. The molecule has 4 heteroatoms. The Bertz CT molecular complexity index is 591. The third-order valence-corrected chi connectivity index (χ3v) is 2.47. The second-order valence-corrected chi connectivity index (χ2v) is 3.80. The third-order valence-electron chi connectivity index (χ3n) is 2.47. The summed E-state index contributed by atoms with van der Waals surface area (Å²) < 4.78 is 0. The quantitative estimate of drug-likeness (QED) is 0.742. The fourth-order valence-corrected chi connectivity index (χ4v) is 1.68. The third kappa shape index (κ3) is 1.52. The summed E-state index contributed by atoms with van der Waals surface area (Å²) >= 11 is 0. The summed E-state index contributed by atoms with van der Waals surface area (Å²) in [6, 6.07) is 3.63. The zero-order chi connectivity index (χ0) is 11.9. The molecular formula is C12H12N2O2. The first kappa shape index (κ1) is 10.5. The molecule has 0 aliphatic rings. The van der Waals surface area contributed by atoms with Crippen molar-refractivity contribution in [3.05, 3.63) is 29.1 Å². The van der Waals surface area contributed by atoms with E-state index in [2.05, 4.69) is 9.97 Å². The zero-order valence-corrected chi connectivity index (χ0v) is 9.40. The molecule has 0 aliphatic heterocycles. The number of aryl methyl sites for hydroxylation is 2. The first-order valence-corrected chi connectivity index (χ1v) is 4.98. The smallest absolute Gasteiger partial charge is 0.165 e. The molecule has 0 aromatic carbocycles. The summed E-state index contributed by atoms with van der Waals surface area (Å²) in [7, 11) is 0. The highest BCUT2D eigenvalue weighted by molar-refractivity contribution is 6.07. The van der Waals surface area contributed by atoms with E-state index < -0.39 is 0 Å². The summed E-state index contributed by atoms with van der Waals surface area (Å²) in [5, 5.41) is 9.83. The van der Waals surface area contributed by atoms with Crippen molar-refractivity contribution in [1.82, 2.24) is 9.97 Å². The maximum atomic E-state index is 11.5. The minimum atomic E-state index is -0.203. The number of carbonyl (C=O) groups excluding carboxylic acids is 1. The largest absolute Gasteiger partial charge is 0.505 e. The van der Waals surface area contributed by atoms with E-state index in [4.69, 9.17) is 0 Å². The van der Waals surface area contributed by atoms with Crippen molar-refractivity contribution in [3.8, 4) is 5.75 Å². The Morgan fingerprint density at radius 2 is 1.94 bits per heavy atom. The van der Waals surface area contributed by atoms with Gasteiger partial charge < -0.3 is 5.11 Å². The molecule has 0 spiro atoms. The summed E-state index contributed by atoms with van der Waals surface area (Å²) in [6.45, 7) is 4.92. The molecule has 0 radical (unpaired) electrons. The Hall–Kier alpha value is -1.97. The second-order valence-electron chi connectivity index (χ2n) is 3.80. The average Bonchev–Trinajstić information content (AvgIpc) is 2.20. The monoisotopic (exact) mass is 216 g/mol. The van der Waals surface area contributed by atoms with Crippen LogP contribution in [0.25, 0.3) is 11.0 Å². The van der Waals surface area contributed by atoms with Gasteiger partial charge in [-0.2, -0.15) is 0 Å². The van der Waals surface area contributed by atoms with Crippen LogP contribution in [0.1, 0.15) is 28.7 Å².